The molecule has 0 radical (unpaired) electrons. The first-order valence-corrected chi connectivity index (χ1v) is 10.8. The van der Waals surface area contributed by atoms with E-state index in [0.29, 0.717) is 37.3 Å². The van der Waals surface area contributed by atoms with Crippen LogP contribution in [0.1, 0.15) is 34.4 Å². The van der Waals surface area contributed by atoms with Gasteiger partial charge in [-0.25, -0.2) is 0 Å². The Morgan fingerprint density at radius 1 is 1.13 bits per heavy atom. The molecule has 0 atom stereocenters. The van der Waals surface area contributed by atoms with Gasteiger partial charge in [0.15, 0.2) is 0 Å². The number of anilines is 1. The van der Waals surface area contributed by atoms with Crippen molar-refractivity contribution in [3.8, 4) is 11.6 Å². The van der Waals surface area contributed by atoms with Crippen LogP contribution in [-0.2, 0) is 17.6 Å². The summed E-state index contributed by atoms with van der Waals surface area (Å²) >= 11 is 1.02. The van der Waals surface area contributed by atoms with E-state index in [4.69, 9.17) is 4.74 Å². The average Bonchev–Trinajstić information content (AvgIpc) is 3.04. The Kier molecular flexibility index (Phi) is 5.90. The summed E-state index contributed by atoms with van der Waals surface area (Å²) in [5.74, 6) is 0.877. The number of hydrogen-bond acceptors (Lipinski definition) is 5. The van der Waals surface area contributed by atoms with E-state index >= 15 is 0 Å². The molecule has 0 bridgehead atoms. The fraction of sp³-hybridized carbons (Fsp3) is 0.304. The van der Waals surface area contributed by atoms with Gasteiger partial charge in [0.1, 0.15) is 5.75 Å². The minimum atomic E-state index is -0.266. The van der Waals surface area contributed by atoms with Gasteiger partial charge in [-0.1, -0.05) is 41.2 Å². The predicted molar refractivity (Wildman–Crippen MR) is 118 cm³/mol. The van der Waals surface area contributed by atoms with Gasteiger partial charge in [0.05, 0.1) is 11.5 Å². The van der Waals surface area contributed by atoms with Gasteiger partial charge in [0.25, 0.3) is 0 Å². The fourth-order valence-corrected chi connectivity index (χ4v) is 4.51. The van der Waals surface area contributed by atoms with Crippen molar-refractivity contribution in [2.75, 3.05) is 18.1 Å². The second-order valence-corrected chi connectivity index (χ2v) is 8.51. The highest BCUT2D eigenvalue weighted by molar-refractivity contribution is 7.09. The Bertz CT molecular complexity index is 1100. The summed E-state index contributed by atoms with van der Waals surface area (Å²) in [5, 5.41) is 9.92. The number of aromatic hydroxyl groups is 1. The molecule has 0 saturated heterocycles. The van der Waals surface area contributed by atoms with Crippen molar-refractivity contribution in [2.24, 2.45) is 0 Å². The van der Waals surface area contributed by atoms with E-state index < -0.39 is 0 Å². The third kappa shape index (κ3) is 4.41. The number of nitrogens with zero attached hydrogens (tertiary/aromatic N) is 1. The van der Waals surface area contributed by atoms with Crippen molar-refractivity contribution in [3.63, 3.8) is 0 Å². The van der Waals surface area contributed by atoms with Crippen molar-refractivity contribution in [1.82, 2.24) is 4.98 Å². The van der Waals surface area contributed by atoms with Crippen molar-refractivity contribution < 1.29 is 14.6 Å². The molecule has 0 aliphatic carbocycles. The molecule has 0 fully saturated rings. The summed E-state index contributed by atoms with van der Waals surface area (Å²) in [5.41, 5.74) is 4.25. The second-order valence-electron chi connectivity index (χ2n) is 7.44. The number of carbonyl (C=O) groups excluding carboxylic acids is 1. The van der Waals surface area contributed by atoms with Gasteiger partial charge in [0.2, 0.25) is 11.8 Å². The average molecular weight is 425 g/mol. The van der Waals surface area contributed by atoms with Crippen LogP contribution in [0.2, 0.25) is 0 Å². The molecule has 2 N–H and O–H groups in total. The Morgan fingerprint density at radius 3 is 2.67 bits per heavy atom. The standard InChI is InChI=1S/C23H24N2O4S/c1-15-6-8-17(9-7-15)29-13-3-12-25-19-5-2-4-16(18(19)10-11-21(25)26)14-20-22(27)24-23(28)30-20/h2,4-9,27H,3,10-14H2,1H3,(H,24,28). The molecule has 4 rings (SSSR count). The number of hydrogen-bond donors (Lipinski definition) is 2. The number of aromatic nitrogens is 1. The van der Waals surface area contributed by atoms with Crippen LogP contribution in [0.5, 0.6) is 11.6 Å². The molecule has 6 nitrogen and oxygen atoms in total. The number of H-pyrrole nitrogens is 1. The third-order valence-electron chi connectivity index (χ3n) is 5.30. The van der Waals surface area contributed by atoms with E-state index in [-0.39, 0.29) is 16.7 Å². The molecule has 2 heterocycles. The summed E-state index contributed by atoms with van der Waals surface area (Å²) in [6.07, 6.45) is 2.32. The lowest BCUT2D eigenvalue weighted by atomic mass is 9.93. The number of thiazole rings is 1. The van der Waals surface area contributed by atoms with Gasteiger partial charge in [0, 0.05) is 25.1 Å². The minimum absolute atomic E-state index is 0.0698. The van der Waals surface area contributed by atoms with Crippen LogP contribution in [0, 0.1) is 6.92 Å². The first kappa shape index (κ1) is 20.2. The lowest BCUT2D eigenvalue weighted by Crippen LogP contribution is -2.36. The minimum Gasteiger partial charge on any atom is -0.494 e. The van der Waals surface area contributed by atoms with Gasteiger partial charge in [-0.15, -0.1) is 0 Å². The smallest absolute Gasteiger partial charge is 0.307 e. The zero-order valence-electron chi connectivity index (χ0n) is 16.8. The van der Waals surface area contributed by atoms with Gasteiger partial charge in [-0.05, 0) is 49.1 Å². The Morgan fingerprint density at radius 2 is 1.93 bits per heavy atom. The molecule has 1 amide bonds. The van der Waals surface area contributed by atoms with Crippen LogP contribution < -0.4 is 14.5 Å². The molecule has 1 aromatic heterocycles. The third-order valence-corrected chi connectivity index (χ3v) is 6.17. The number of rotatable bonds is 7. The number of ether oxygens (including phenoxy) is 1. The highest BCUT2D eigenvalue weighted by atomic mass is 32.1. The number of benzene rings is 2. The van der Waals surface area contributed by atoms with Crippen LogP contribution in [-0.4, -0.2) is 29.1 Å². The quantitative estimate of drug-likeness (QED) is 0.566. The molecule has 156 valence electrons. The van der Waals surface area contributed by atoms with Crippen LogP contribution in [0.25, 0.3) is 0 Å². The fourth-order valence-electron chi connectivity index (χ4n) is 3.77. The monoisotopic (exact) mass is 424 g/mol. The summed E-state index contributed by atoms with van der Waals surface area (Å²) in [6, 6.07) is 13.8. The number of aryl methyl sites for hydroxylation is 1. The van der Waals surface area contributed by atoms with Crippen LogP contribution in [0.3, 0.4) is 0 Å². The van der Waals surface area contributed by atoms with E-state index in [9.17, 15) is 14.7 Å². The molecule has 3 aromatic rings. The molecular weight excluding hydrogens is 400 g/mol. The highest BCUT2D eigenvalue weighted by Crippen LogP contribution is 2.33. The van der Waals surface area contributed by atoms with Crippen molar-refractivity contribution in [3.05, 3.63) is 73.7 Å². The van der Waals surface area contributed by atoms with E-state index in [1.165, 1.54) is 5.56 Å². The molecule has 0 unspecified atom stereocenters. The maximum Gasteiger partial charge on any atom is 0.307 e. The highest BCUT2D eigenvalue weighted by Gasteiger charge is 2.26. The molecule has 1 aliphatic heterocycles. The number of aromatic amines is 1. The van der Waals surface area contributed by atoms with Crippen molar-refractivity contribution in [2.45, 2.75) is 32.6 Å². The van der Waals surface area contributed by atoms with E-state index in [1.54, 1.807) is 0 Å². The number of nitrogens with one attached hydrogen (secondary N) is 1. The zero-order chi connectivity index (χ0) is 21.1. The van der Waals surface area contributed by atoms with Gasteiger partial charge in [-0.2, -0.15) is 0 Å². The molecule has 1 aliphatic rings. The number of amides is 1. The first-order valence-electron chi connectivity index (χ1n) is 10.0. The number of carbonyl (C=O) groups is 1. The Labute approximate surface area is 178 Å². The molecule has 0 saturated carbocycles. The lowest BCUT2D eigenvalue weighted by molar-refractivity contribution is -0.118. The largest absolute Gasteiger partial charge is 0.494 e. The lowest BCUT2D eigenvalue weighted by Gasteiger charge is -2.31. The van der Waals surface area contributed by atoms with Crippen LogP contribution in [0.4, 0.5) is 5.69 Å². The van der Waals surface area contributed by atoms with Gasteiger partial charge < -0.3 is 14.7 Å². The molecule has 30 heavy (non-hydrogen) atoms. The SMILES string of the molecule is Cc1ccc(OCCCN2C(=O)CCc3c(Cc4sc(=O)[nH]c4O)cccc32)cc1. The molecule has 7 heteroatoms. The zero-order valence-corrected chi connectivity index (χ0v) is 17.6. The maximum atomic E-state index is 12.6. The molecule has 0 spiro atoms. The summed E-state index contributed by atoms with van der Waals surface area (Å²) in [6.45, 7) is 3.16. The normalized spacial score (nSPS) is 13.4. The Hall–Kier alpha value is -3.06. The molecule has 2 aromatic carbocycles. The Balaban J connectivity index is 1.45. The van der Waals surface area contributed by atoms with E-state index in [0.717, 1.165) is 40.3 Å². The van der Waals surface area contributed by atoms with E-state index in [1.807, 2.05) is 54.3 Å². The maximum absolute atomic E-state index is 12.6. The van der Waals surface area contributed by atoms with E-state index in [2.05, 4.69) is 4.98 Å². The summed E-state index contributed by atoms with van der Waals surface area (Å²) < 4.78 is 5.80. The van der Waals surface area contributed by atoms with Crippen LogP contribution >= 0.6 is 11.3 Å². The van der Waals surface area contributed by atoms with Gasteiger partial charge in [-0.3, -0.25) is 14.6 Å². The second kappa shape index (κ2) is 8.75. The van der Waals surface area contributed by atoms with Crippen molar-refractivity contribution in [1.29, 1.82) is 0 Å². The topological polar surface area (TPSA) is 82.6 Å². The molecular formula is C23H24N2O4S. The summed E-state index contributed by atoms with van der Waals surface area (Å²) in [4.78, 5) is 28.7. The summed E-state index contributed by atoms with van der Waals surface area (Å²) in [7, 11) is 0. The first-order chi connectivity index (χ1) is 14.5. The predicted octanol–water partition coefficient (Wildman–Crippen LogP) is 3.79. The van der Waals surface area contributed by atoms with Crippen molar-refractivity contribution >= 4 is 22.9 Å². The van der Waals surface area contributed by atoms with Crippen LogP contribution in [0.15, 0.2) is 47.3 Å². The number of fused-ring (bicyclic) bond motifs is 1. The van der Waals surface area contributed by atoms with Gasteiger partial charge >= 0.3 is 4.87 Å².